The van der Waals surface area contributed by atoms with Crippen molar-refractivity contribution in [3.63, 3.8) is 0 Å². The van der Waals surface area contributed by atoms with E-state index in [4.69, 9.17) is 9.15 Å². The van der Waals surface area contributed by atoms with Crippen LogP contribution in [0.4, 0.5) is 0 Å². The lowest BCUT2D eigenvalue weighted by Gasteiger charge is -2.27. The first kappa shape index (κ1) is 17.0. The predicted octanol–water partition coefficient (Wildman–Crippen LogP) is 5.47. The Balaban J connectivity index is 1.63. The van der Waals surface area contributed by atoms with Crippen molar-refractivity contribution in [2.75, 3.05) is 4.43 Å². The van der Waals surface area contributed by atoms with Crippen LogP contribution in [0.1, 0.15) is 42.7 Å². The van der Waals surface area contributed by atoms with Crippen LogP contribution in [0.25, 0.3) is 11.5 Å². The van der Waals surface area contributed by atoms with E-state index < -0.39 is 0 Å². The highest BCUT2D eigenvalue weighted by molar-refractivity contribution is 14.1. The summed E-state index contributed by atoms with van der Waals surface area (Å²) in [5.41, 5.74) is 3.19. The smallest absolute Gasteiger partial charge is 0.226 e. The molecule has 1 aromatic heterocycles. The molecule has 1 fully saturated rings. The number of aromatic nitrogens is 1. The van der Waals surface area contributed by atoms with Gasteiger partial charge in [0.15, 0.2) is 0 Å². The van der Waals surface area contributed by atoms with Gasteiger partial charge in [-0.2, -0.15) is 0 Å². The molecule has 3 rings (SSSR count). The van der Waals surface area contributed by atoms with Gasteiger partial charge in [0.2, 0.25) is 5.89 Å². The van der Waals surface area contributed by atoms with Gasteiger partial charge in [-0.1, -0.05) is 46.7 Å². The van der Waals surface area contributed by atoms with Crippen LogP contribution in [-0.4, -0.2) is 15.5 Å². The fourth-order valence-corrected chi connectivity index (χ4v) is 3.91. The average Bonchev–Trinajstić information content (AvgIpc) is 2.95. The van der Waals surface area contributed by atoms with Gasteiger partial charge in [0.25, 0.3) is 0 Å². The summed E-state index contributed by atoms with van der Waals surface area (Å²) >= 11 is 2.49. The Labute approximate surface area is 152 Å². The number of benzene rings is 1. The molecule has 2 aromatic rings. The number of halogens is 1. The number of alkyl halides is 1. The van der Waals surface area contributed by atoms with Crippen LogP contribution < -0.4 is 0 Å². The molecule has 2 atom stereocenters. The molecule has 1 saturated carbocycles. The third-order valence-electron chi connectivity index (χ3n) is 4.60. The largest absolute Gasteiger partial charge is 0.441 e. The van der Waals surface area contributed by atoms with E-state index >= 15 is 0 Å². The first-order valence-corrected chi connectivity index (χ1v) is 9.89. The lowest BCUT2D eigenvalue weighted by atomic mass is 9.89. The summed E-state index contributed by atoms with van der Waals surface area (Å²) in [6.45, 7) is 4.61. The van der Waals surface area contributed by atoms with Crippen molar-refractivity contribution in [2.24, 2.45) is 5.92 Å². The molecular formula is C19H24INO2. The van der Waals surface area contributed by atoms with Crippen LogP contribution in [0.5, 0.6) is 0 Å². The monoisotopic (exact) mass is 425 g/mol. The fourth-order valence-electron chi connectivity index (χ4n) is 3.11. The zero-order valence-electron chi connectivity index (χ0n) is 13.8. The van der Waals surface area contributed by atoms with Gasteiger partial charge in [-0.3, -0.25) is 0 Å². The van der Waals surface area contributed by atoms with Gasteiger partial charge in [0.1, 0.15) is 11.5 Å². The lowest BCUT2D eigenvalue weighted by Crippen LogP contribution is -2.23. The number of oxazole rings is 1. The Hall–Kier alpha value is -0.880. The van der Waals surface area contributed by atoms with Crippen molar-refractivity contribution in [1.82, 2.24) is 4.98 Å². The van der Waals surface area contributed by atoms with Crippen LogP contribution in [0.15, 0.2) is 28.7 Å². The van der Waals surface area contributed by atoms with Crippen LogP contribution in [0, 0.1) is 19.8 Å². The van der Waals surface area contributed by atoms with Gasteiger partial charge in [-0.25, -0.2) is 4.98 Å². The molecule has 2 unspecified atom stereocenters. The molecule has 1 aliphatic rings. The van der Waals surface area contributed by atoms with Crippen molar-refractivity contribution in [3.8, 4) is 11.5 Å². The van der Waals surface area contributed by atoms with Crippen molar-refractivity contribution in [1.29, 1.82) is 0 Å². The van der Waals surface area contributed by atoms with Gasteiger partial charge in [0.05, 0.1) is 12.7 Å². The fraction of sp³-hybridized carbons (Fsp3) is 0.526. The molecule has 0 saturated heterocycles. The van der Waals surface area contributed by atoms with E-state index in [0.29, 0.717) is 18.6 Å². The Morgan fingerprint density at radius 2 is 2.00 bits per heavy atom. The van der Waals surface area contributed by atoms with E-state index in [0.717, 1.165) is 22.9 Å². The summed E-state index contributed by atoms with van der Waals surface area (Å²) < 4.78 is 13.2. The maximum Gasteiger partial charge on any atom is 0.226 e. The number of rotatable bonds is 5. The second-order valence-corrected chi connectivity index (χ2v) is 7.39. The summed E-state index contributed by atoms with van der Waals surface area (Å²) in [4.78, 5) is 4.64. The molecule has 1 aliphatic carbocycles. The average molecular weight is 425 g/mol. The second-order valence-electron chi connectivity index (χ2n) is 6.51. The lowest BCUT2D eigenvalue weighted by molar-refractivity contribution is 0.00384. The minimum atomic E-state index is 0.377. The highest BCUT2D eigenvalue weighted by Crippen LogP contribution is 2.29. The van der Waals surface area contributed by atoms with E-state index in [-0.39, 0.29) is 0 Å². The predicted molar refractivity (Wildman–Crippen MR) is 101 cm³/mol. The van der Waals surface area contributed by atoms with Gasteiger partial charge >= 0.3 is 0 Å². The Kier molecular flexibility index (Phi) is 5.75. The van der Waals surface area contributed by atoms with Gasteiger partial charge in [0, 0.05) is 9.99 Å². The van der Waals surface area contributed by atoms with Crippen molar-refractivity contribution in [3.05, 3.63) is 41.3 Å². The van der Waals surface area contributed by atoms with E-state index in [1.165, 1.54) is 35.7 Å². The summed E-state index contributed by atoms with van der Waals surface area (Å²) in [5.74, 6) is 2.37. The highest BCUT2D eigenvalue weighted by Gasteiger charge is 2.22. The number of aryl methyl sites for hydroxylation is 2. The molecule has 0 amide bonds. The minimum absolute atomic E-state index is 0.377. The molecule has 3 nitrogen and oxygen atoms in total. The molecule has 0 spiro atoms. The Bertz CT molecular complexity index is 635. The zero-order valence-corrected chi connectivity index (χ0v) is 16.0. The summed E-state index contributed by atoms with van der Waals surface area (Å²) in [7, 11) is 0. The van der Waals surface area contributed by atoms with Gasteiger partial charge in [-0.15, -0.1) is 0 Å². The highest BCUT2D eigenvalue weighted by atomic mass is 127. The first-order chi connectivity index (χ1) is 11.2. The number of ether oxygens (including phenoxy) is 1. The number of hydrogen-bond donors (Lipinski definition) is 0. The molecule has 124 valence electrons. The third kappa shape index (κ3) is 4.35. The van der Waals surface area contributed by atoms with Crippen LogP contribution in [0.3, 0.4) is 0 Å². The molecule has 0 N–H and O–H groups in total. The summed E-state index contributed by atoms with van der Waals surface area (Å²) in [5, 5.41) is 0. The third-order valence-corrected chi connectivity index (χ3v) is 5.85. The molecule has 0 radical (unpaired) electrons. The minimum Gasteiger partial charge on any atom is -0.441 e. The molecule has 1 heterocycles. The van der Waals surface area contributed by atoms with Gasteiger partial charge < -0.3 is 9.15 Å². The zero-order chi connectivity index (χ0) is 16.2. The Morgan fingerprint density at radius 1 is 1.22 bits per heavy atom. The SMILES string of the molecule is Cc1ccc(-c2nc(COC3CCCC(CI)C3)c(C)o2)cc1. The quantitative estimate of drug-likeness (QED) is 0.471. The van der Waals surface area contributed by atoms with E-state index in [2.05, 4.69) is 58.8 Å². The van der Waals surface area contributed by atoms with Crippen molar-refractivity contribution >= 4 is 22.6 Å². The van der Waals surface area contributed by atoms with Crippen LogP contribution >= 0.6 is 22.6 Å². The van der Waals surface area contributed by atoms with Crippen LogP contribution in [0.2, 0.25) is 0 Å². The Morgan fingerprint density at radius 3 is 2.74 bits per heavy atom. The molecule has 4 heteroatoms. The molecule has 0 aliphatic heterocycles. The normalized spacial score (nSPS) is 21.5. The number of nitrogens with zero attached hydrogens (tertiary/aromatic N) is 1. The number of hydrogen-bond acceptors (Lipinski definition) is 3. The molecule has 1 aromatic carbocycles. The topological polar surface area (TPSA) is 35.3 Å². The molecule has 0 bridgehead atoms. The van der Waals surface area contributed by atoms with Crippen molar-refractivity contribution in [2.45, 2.75) is 52.2 Å². The maximum absolute atomic E-state index is 6.12. The van der Waals surface area contributed by atoms with Gasteiger partial charge in [-0.05, 0) is 51.2 Å². The summed E-state index contributed by atoms with van der Waals surface area (Å²) in [6.07, 6.45) is 5.37. The van der Waals surface area contributed by atoms with E-state index in [1.807, 2.05) is 6.92 Å². The standard InChI is InChI=1S/C19H24INO2/c1-13-6-8-16(9-7-13)19-21-18(14(2)23-19)12-22-17-5-3-4-15(10-17)11-20/h6-9,15,17H,3-5,10-12H2,1-2H3. The maximum atomic E-state index is 6.12. The summed E-state index contributed by atoms with van der Waals surface area (Å²) in [6, 6.07) is 8.27. The van der Waals surface area contributed by atoms with Crippen molar-refractivity contribution < 1.29 is 9.15 Å². The van der Waals surface area contributed by atoms with Crippen LogP contribution in [-0.2, 0) is 11.3 Å². The van der Waals surface area contributed by atoms with E-state index in [1.54, 1.807) is 0 Å². The second kappa shape index (κ2) is 7.79. The molecule has 23 heavy (non-hydrogen) atoms. The first-order valence-electron chi connectivity index (χ1n) is 8.36. The van der Waals surface area contributed by atoms with E-state index in [9.17, 15) is 0 Å². The molecular weight excluding hydrogens is 401 g/mol.